The summed E-state index contributed by atoms with van der Waals surface area (Å²) in [5.41, 5.74) is 6.11. The maximum Gasteiger partial charge on any atom is 4.00 e. The van der Waals surface area contributed by atoms with Crippen LogP contribution < -0.4 is 24.8 Å². The Hall–Kier alpha value is -0.877. The van der Waals surface area contributed by atoms with Crippen molar-refractivity contribution in [1.29, 1.82) is 0 Å². The Balaban J connectivity index is 0.00000150. The third kappa shape index (κ3) is 4.65. The molecule has 30 heavy (non-hydrogen) atoms. The summed E-state index contributed by atoms with van der Waals surface area (Å²) in [6, 6.07) is 22.7. The van der Waals surface area contributed by atoms with E-state index < -0.39 is 0 Å². The molecule has 4 aromatic carbocycles. The van der Waals surface area contributed by atoms with Crippen LogP contribution in [0.3, 0.4) is 0 Å². The minimum absolute atomic E-state index is 0. The molecule has 0 heterocycles. The normalized spacial score (nSPS) is 11.1. The molecule has 0 N–H and O–H groups in total. The first-order chi connectivity index (χ1) is 13.1. The summed E-state index contributed by atoms with van der Waals surface area (Å²) < 4.78 is 0. The molecule has 0 aliphatic heterocycles. The molecule has 0 nitrogen and oxygen atoms in total. The number of benzene rings is 2. The van der Waals surface area contributed by atoms with Crippen LogP contribution in [0.2, 0.25) is 0 Å². The fraction of sp³-hybridized carbons (Fsp3) is 0.333. The predicted molar refractivity (Wildman–Crippen MR) is 119 cm³/mol. The fourth-order valence-electron chi connectivity index (χ4n) is 5.10. The summed E-state index contributed by atoms with van der Waals surface area (Å²) in [4.78, 5) is 0. The van der Waals surface area contributed by atoms with Gasteiger partial charge in [-0.3, -0.25) is 0 Å². The zero-order valence-corrected chi connectivity index (χ0v) is 22.3. The van der Waals surface area contributed by atoms with Gasteiger partial charge in [-0.25, -0.2) is 0 Å². The van der Waals surface area contributed by atoms with Crippen molar-refractivity contribution in [3.05, 3.63) is 82.9 Å². The van der Waals surface area contributed by atoms with Gasteiger partial charge in [0, 0.05) is 0 Å². The van der Waals surface area contributed by atoms with E-state index in [1.807, 2.05) is 0 Å². The average molecular weight is 517 g/mol. The SMILES string of the molecule is CCCc1[cH-]c2ccccc2c1C(C)(C)c1c(CCC)[cH-]c2ccccc12.[Cl-].[Cl-].[Zr+4]. The third-order valence-electron chi connectivity index (χ3n) is 6.05. The van der Waals surface area contributed by atoms with E-state index in [2.05, 4.69) is 88.4 Å². The van der Waals surface area contributed by atoms with Gasteiger partial charge in [0.1, 0.15) is 0 Å². The van der Waals surface area contributed by atoms with Crippen molar-refractivity contribution in [2.24, 2.45) is 0 Å². The Morgan fingerprint density at radius 1 is 0.667 bits per heavy atom. The second kappa shape index (κ2) is 11.1. The van der Waals surface area contributed by atoms with Crippen molar-refractivity contribution < 1.29 is 51.0 Å². The molecule has 0 aromatic heterocycles. The van der Waals surface area contributed by atoms with Gasteiger partial charge >= 0.3 is 26.2 Å². The van der Waals surface area contributed by atoms with Gasteiger partial charge in [-0.2, -0.15) is 0 Å². The summed E-state index contributed by atoms with van der Waals surface area (Å²) in [6.45, 7) is 9.45. The minimum Gasteiger partial charge on any atom is -1.00 e. The molecule has 0 atom stereocenters. The molecule has 0 aliphatic carbocycles. The van der Waals surface area contributed by atoms with Gasteiger partial charge in [0.05, 0.1) is 0 Å². The van der Waals surface area contributed by atoms with Crippen LogP contribution in [0, 0.1) is 0 Å². The van der Waals surface area contributed by atoms with Gasteiger partial charge in [-0.05, 0) is 12.8 Å². The first kappa shape index (κ1) is 27.2. The molecular formula is C27H30Cl2Zr. The second-order valence-electron chi connectivity index (χ2n) is 8.39. The van der Waals surface area contributed by atoms with Gasteiger partial charge in [-0.15, -0.1) is 92.3 Å². The first-order valence-corrected chi connectivity index (χ1v) is 10.4. The predicted octanol–water partition coefficient (Wildman–Crippen LogP) is 1.67. The van der Waals surface area contributed by atoms with Crippen LogP contribution in [0.5, 0.6) is 0 Å². The monoisotopic (exact) mass is 514 g/mol. The Kier molecular flexibility index (Phi) is 10.1. The Morgan fingerprint density at radius 2 is 1.03 bits per heavy atom. The van der Waals surface area contributed by atoms with Gasteiger partial charge in [0.2, 0.25) is 0 Å². The van der Waals surface area contributed by atoms with Crippen molar-refractivity contribution in [3.8, 4) is 0 Å². The van der Waals surface area contributed by atoms with Crippen LogP contribution in [0.1, 0.15) is 62.8 Å². The molecule has 0 saturated heterocycles. The standard InChI is InChI=1S/C27H30.2ClH.Zr/c1-5-11-21-17-19-13-7-9-15-23(19)25(21)27(3,4)26-22(12-6-2)18-20-14-8-10-16-24(20)26;;;/h7-10,13-18H,5-6,11-12H2,1-4H3;2*1H;/q-2;;;+4/p-2. The molecular weight excluding hydrogens is 486 g/mol. The van der Waals surface area contributed by atoms with Gasteiger partial charge in [0.15, 0.2) is 0 Å². The van der Waals surface area contributed by atoms with E-state index in [0.717, 1.165) is 12.8 Å². The molecule has 156 valence electrons. The maximum absolute atomic E-state index is 2.44. The van der Waals surface area contributed by atoms with Gasteiger partial charge in [0.25, 0.3) is 0 Å². The summed E-state index contributed by atoms with van der Waals surface area (Å²) in [6.07, 6.45) is 4.66. The molecule has 0 bridgehead atoms. The summed E-state index contributed by atoms with van der Waals surface area (Å²) in [5, 5.41) is 5.63. The van der Waals surface area contributed by atoms with E-state index in [4.69, 9.17) is 0 Å². The van der Waals surface area contributed by atoms with Gasteiger partial charge < -0.3 is 24.8 Å². The van der Waals surface area contributed by atoms with Crippen molar-refractivity contribution in [2.45, 2.75) is 58.8 Å². The molecule has 0 aliphatic rings. The van der Waals surface area contributed by atoms with E-state index in [9.17, 15) is 0 Å². The summed E-state index contributed by atoms with van der Waals surface area (Å²) in [7, 11) is 0. The number of hydrogen-bond acceptors (Lipinski definition) is 0. The van der Waals surface area contributed by atoms with Crippen LogP contribution >= 0.6 is 0 Å². The molecule has 3 heteroatoms. The summed E-state index contributed by atoms with van der Waals surface area (Å²) in [5.74, 6) is 0. The number of rotatable bonds is 6. The minimum atomic E-state index is -0.0127. The van der Waals surface area contributed by atoms with Crippen molar-refractivity contribution in [3.63, 3.8) is 0 Å². The van der Waals surface area contributed by atoms with Crippen molar-refractivity contribution in [1.82, 2.24) is 0 Å². The smallest absolute Gasteiger partial charge is 1.00 e. The second-order valence-corrected chi connectivity index (χ2v) is 8.39. The van der Waals surface area contributed by atoms with E-state index in [0.29, 0.717) is 0 Å². The largest absolute Gasteiger partial charge is 4.00 e. The van der Waals surface area contributed by atoms with Crippen LogP contribution in [0.25, 0.3) is 21.5 Å². The maximum atomic E-state index is 2.44. The molecule has 0 saturated carbocycles. The zero-order valence-electron chi connectivity index (χ0n) is 18.4. The van der Waals surface area contributed by atoms with E-state index in [-0.39, 0.29) is 56.4 Å². The molecule has 0 amide bonds. The average Bonchev–Trinajstić information content (AvgIpc) is 3.20. The van der Waals surface area contributed by atoms with Crippen molar-refractivity contribution in [2.75, 3.05) is 0 Å². The van der Waals surface area contributed by atoms with Gasteiger partial charge in [-0.1, -0.05) is 58.1 Å². The molecule has 0 radical (unpaired) electrons. The molecule has 4 rings (SSSR count). The van der Waals surface area contributed by atoms with E-state index >= 15 is 0 Å². The van der Waals surface area contributed by atoms with Crippen LogP contribution in [-0.4, -0.2) is 0 Å². The topological polar surface area (TPSA) is 0 Å². The molecule has 0 spiro atoms. The molecule has 0 unspecified atom stereocenters. The van der Waals surface area contributed by atoms with Crippen molar-refractivity contribution >= 4 is 21.5 Å². The fourth-order valence-corrected chi connectivity index (χ4v) is 5.10. The zero-order chi connectivity index (χ0) is 19.0. The number of fused-ring (bicyclic) bond motifs is 2. The number of halogens is 2. The Labute approximate surface area is 213 Å². The van der Waals surface area contributed by atoms with Crippen LogP contribution in [-0.2, 0) is 44.5 Å². The van der Waals surface area contributed by atoms with E-state index in [1.165, 1.54) is 56.6 Å². The first-order valence-electron chi connectivity index (χ1n) is 10.4. The number of hydrogen-bond donors (Lipinski definition) is 0. The summed E-state index contributed by atoms with van der Waals surface area (Å²) >= 11 is 0. The molecule has 0 fully saturated rings. The van der Waals surface area contributed by atoms with Crippen LogP contribution in [0.15, 0.2) is 60.7 Å². The van der Waals surface area contributed by atoms with E-state index in [1.54, 1.807) is 0 Å². The Morgan fingerprint density at radius 3 is 1.40 bits per heavy atom. The number of aryl methyl sites for hydroxylation is 2. The quantitative estimate of drug-likeness (QED) is 0.342. The third-order valence-corrected chi connectivity index (χ3v) is 6.05. The van der Waals surface area contributed by atoms with Crippen LogP contribution in [0.4, 0.5) is 0 Å². The molecule has 4 aromatic rings. The Bertz CT molecular complexity index is 999.